The minimum Gasteiger partial charge on any atom is -0.326 e. The van der Waals surface area contributed by atoms with Crippen LogP contribution in [-0.2, 0) is 16.0 Å². The first-order chi connectivity index (χ1) is 8.58. The van der Waals surface area contributed by atoms with Crippen LogP contribution in [-0.4, -0.2) is 18.4 Å². The first-order valence-electron chi connectivity index (χ1n) is 6.33. The summed E-state index contributed by atoms with van der Waals surface area (Å²) in [4.78, 5) is 25.2. The molecule has 0 radical (unpaired) electrons. The zero-order valence-corrected chi connectivity index (χ0v) is 10.6. The molecule has 3 rings (SSSR count). The van der Waals surface area contributed by atoms with Crippen LogP contribution >= 0.6 is 0 Å². The molecule has 4 nitrogen and oxygen atoms in total. The molecule has 0 aromatic heterocycles. The summed E-state index contributed by atoms with van der Waals surface area (Å²) in [6, 6.07) is 3.94. The zero-order valence-electron chi connectivity index (χ0n) is 10.6. The van der Waals surface area contributed by atoms with Crippen LogP contribution < -0.4 is 10.2 Å². The maximum atomic E-state index is 12.2. The number of rotatable bonds is 1. The summed E-state index contributed by atoms with van der Waals surface area (Å²) >= 11 is 0. The van der Waals surface area contributed by atoms with E-state index in [2.05, 4.69) is 5.32 Å². The van der Waals surface area contributed by atoms with E-state index < -0.39 is 0 Å². The molecule has 0 bridgehead atoms. The smallest absolute Gasteiger partial charge is 0.234 e. The summed E-state index contributed by atoms with van der Waals surface area (Å²) in [6.07, 6.45) is 1.97. The standard InChI is InChI=1S/C14H16N2O2/c1-8-12-7-11(15-9(2)17)6-10-4-3-5-16(13(10)12)14(8)18/h6-8H,3-5H2,1-2H3,(H,15,17)/t8-/m1/s1. The highest BCUT2D eigenvalue weighted by Crippen LogP contribution is 2.44. The molecule has 0 spiro atoms. The minimum atomic E-state index is -0.0921. The lowest BCUT2D eigenvalue weighted by Crippen LogP contribution is -2.32. The summed E-state index contributed by atoms with van der Waals surface area (Å²) in [5.74, 6) is 0.0169. The van der Waals surface area contributed by atoms with E-state index >= 15 is 0 Å². The second-order valence-corrected chi connectivity index (χ2v) is 5.07. The molecule has 0 saturated carbocycles. The van der Waals surface area contributed by atoms with Gasteiger partial charge in [0.2, 0.25) is 11.8 Å². The molecule has 4 heteroatoms. The average molecular weight is 244 g/mol. The number of nitrogens with one attached hydrogen (secondary N) is 1. The van der Waals surface area contributed by atoms with Gasteiger partial charge in [-0.25, -0.2) is 0 Å². The van der Waals surface area contributed by atoms with E-state index in [4.69, 9.17) is 0 Å². The Balaban J connectivity index is 2.13. The van der Waals surface area contributed by atoms with E-state index in [-0.39, 0.29) is 17.7 Å². The van der Waals surface area contributed by atoms with Crippen molar-refractivity contribution in [3.63, 3.8) is 0 Å². The quantitative estimate of drug-likeness (QED) is 0.821. The molecule has 0 aliphatic carbocycles. The fourth-order valence-electron chi connectivity index (χ4n) is 2.97. The van der Waals surface area contributed by atoms with Gasteiger partial charge in [0, 0.05) is 19.2 Å². The predicted molar refractivity (Wildman–Crippen MR) is 69.8 cm³/mol. The molecule has 2 aliphatic heterocycles. The van der Waals surface area contributed by atoms with Crippen LogP contribution in [0.5, 0.6) is 0 Å². The van der Waals surface area contributed by atoms with E-state index in [1.54, 1.807) is 0 Å². The Kier molecular flexibility index (Phi) is 2.40. The molecule has 0 fully saturated rings. The fraction of sp³-hybridized carbons (Fsp3) is 0.429. The van der Waals surface area contributed by atoms with E-state index in [0.29, 0.717) is 0 Å². The maximum absolute atomic E-state index is 12.2. The predicted octanol–water partition coefficient (Wildman–Crippen LogP) is 2.04. The monoisotopic (exact) mass is 244 g/mol. The molecule has 2 aliphatic rings. The van der Waals surface area contributed by atoms with Gasteiger partial charge in [0.1, 0.15) is 0 Å². The van der Waals surface area contributed by atoms with Crippen molar-refractivity contribution in [1.29, 1.82) is 0 Å². The van der Waals surface area contributed by atoms with Gasteiger partial charge >= 0.3 is 0 Å². The van der Waals surface area contributed by atoms with Gasteiger partial charge in [-0.15, -0.1) is 0 Å². The number of amides is 2. The van der Waals surface area contributed by atoms with Crippen LogP contribution in [0.1, 0.15) is 37.3 Å². The van der Waals surface area contributed by atoms with Crippen molar-refractivity contribution >= 4 is 23.2 Å². The fourth-order valence-corrected chi connectivity index (χ4v) is 2.97. The van der Waals surface area contributed by atoms with Crippen molar-refractivity contribution in [3.05, 3.63) is 23.3 Å². The Hall–Kier alpha value is -1.84. The molecule has 1 aromatic carbocycles. The molecule has 1 N–H and O–H groups in total. The number of nitrogens with zero attached hydrogens (tertiary/aromatic N) is 1. The van der Waals surface area contributed by atoms with Crippen LogP contribution in [0.25, 0.3) is 0 Å². The number of hydrogen-bond donors (Lipinski definition) is 1. The van der Waals surface area contributed by atoms with E-state index in [1.165, 1.54) is 12.5 Å². The largest absolute Gasteiger partial charge is 0.326 e. The van der Waals surface area contributed by atoms with Gasteiger partial charge in [0.15, 0.2) is 0 Å². The van der Waals surface area contributed by atoms with Gasteiger partial charge in [-0.3, -0.25) is 9.59 Å². The Labute approximate surface area is 106 Å². The third kappa shape index (κ3) is 1.52. The molecular weight excluding hydrogens is 228 g/mol. The molecule has 1 aromatic rings. The van der Waals surface area contributed by atoms with Crippen molar-refractivity contribution in [2.24, 2.45) is 0 Å². The molecule has 0 saturated heterocycles. The third-order valence-electron chi connectivity index (χ3n) is 3.74. The third-order valence-corrected chi connectivity index (χ3v) is 3.74. The lowest BCUT2D eigenvalue weighted by atomic mass is 9.96. The van der Waals surface area contributed by atoms with E-state index in [0.717, 1.165) is 36.3 Å². The van der Waals surface area contributed by atoms with Gasteiger partial charge in [-0.2, -0.15) is 0 Å². The highest BCUT2D eigenvalue weighted by molar-refractivity contribution is 6.06. The number of aryl methyl sites for hydroxylation is 1. The van der Waals surface area contributed by atoms with Crippen LogP contribution in [0.15, 0.2) is 12.1 Å². The second-order valence-electron chi connectivity index (χ2n) is 5.07. The van der Waals surface area contributed by atoms with E-state index in [1.807, 2.05) is 24.0 Å². The SMILES string of the molecule is CC(=O)Nc1cc2c3c(c1)[C@@H](C)C(=O)N3CCC2. The normalized spacial score (nSPS) is 20.9. The second kappa shape index (κ2) is 3.83. The Morgan fingerprint density at radius 2 is 2.22 bits per heavy atom. The van der Waals surface area contributed by atoms with Crippen molar-refractivity contribution in [2.45, 2.75) is 32.6 Å². The number of benzene rings is 1. The minimum absolute atomic E-state index is 0.0770. The number of anilines is 2. The Morgan fingerprint density at radius 1 is 1.44 bits per heavy atom. The Morgan fingerprint density at radius 3 is 2.94 bits per heavy atom. The first-order valence-corrected chi connectivity index (χ1v) is 6.33. The van der Waals surface area contributed by atoms with Crippen LogP contribution in [0.2, 0.25) is 0 Å². The molecule has 18 heavy (non-hydrogen) atoms. The highest BCUT2D eigenvalue weighted by Gasteiger charge is 2.37. The first kappa shape index (κ1) is 11.3. The van der Waals surface area contributed by atoms with Gasteiger partial charge < -0.3 is 10.2 Å². The highest BCUT2D eigenvalue weighted by atomic mass is 16.2. The van der Waals surface area contributed by atoms with Gasteiger partial charge in [0.05, 0.1) is 11.6 Å². The lowest BCUT2D eigenvalue weighted by Gasteiger charge is -2.26. The molecule has 2 amide bonds. The number of carbonyl (C=O) groups is 2. The summed E-state index contributed by atoms with van der Waals surface area (Å²) in [5.41, 5.74) is 4.13. The summed E-state index contributed by atoms with van der Waals surface area (Å²) in [6.45, 7) is 4.26. The van der Waals surface area contributed by atoms with Gasteiger partial charge in [-0.1, -0.05) is 0 Å². The topological polar surface area (TPSA) is 49.4 Å². The van der Waals surface area contributed by atoms with Crippen LogP contribution in [0.4, 0.5) is 11.4 Å². The summed E-state index contributed by atoms with van der Waals surface area (Å²) in [7, 11) is 0. The lowest BCUT2D eigenvalue weighted by molar-refractivity contribution is -0.119. The van der Waals surface area contributed by atoms with Gasteiger partial charge in [0.25, 0.3) is 0 Å². The van der Waals surface area contributed by atoms with E-state index in [9.17, 15) is 9.59 Å². The maximum Gasteiger partial charge on any atom is 0.234 e. The van der Waals surface area contributed by atoms with Gasteiger partial charge in [-0.05, 0) is 43.0 Å². The van der Waals surface area contributed by atoms with Crippen molar-refractivity contribution in [2.75, 3.05) is 16.8 Å². The van der Waals surface area contributed by atoms with Crippen molar-refractivity contribution in [1.82, 2.24) is 0 Å². The summed E-state index contributed by atoms with van der Waals surface area (Å²) in [5, 5.41) is 2.81. The molecule has 1 atom stereocenters. The molecule has 94 valence electrons. The van der Waals surface area contributed by atoms with Crippen molar-refractivity contribution in [3.8, 4) is 0 Å². The average Bonchev–Trinajstić information content (AvgIpc) is 2.56. The number of hydrogen-bond acceptors (Lipinski definition) is 2. The molecule has 0 unspecified atom stereocenters. The van der Waals surface area contributed by atoms with Crippen LogP contribution in [0, 0.1) is 0 Å². The summed E-state index contributed by atoms with van der Waals surface area (Å²) < 4.78 is 0. The van der Waals surface area contributed by atoms with Crippen LogP contribution in [0.3, 0.4) is 0 Å². The molecule has 2 heterocycles. The number of carbonyl (C=O) groups excluding carboxylic acids is 2. The Bertz CT molecular complexity index is 551. The molecular formula is C14H16N2O2. The van der Waals surface area contributed by atoms with Crippen molar-refractivity contribution < 1.29 is 9.59 Å². The zero-order chi connectivity index (χ0) is 12.9.